The minimum Gasteiger partial charge on any atom is -0.357 e. The van der Waals surface area contributed by atoms with Crippen molar-refractivity contribution < 1.29 is 0 Å². The molecular formula is C14H23N3S. The van der Waals surface area contributed by atoms with Crippen molar-refractivity contribution in [2.45, 2.75) is 33.2 Å². The number of hydrogen-bond acceptors (Lipinski definition) is 2. The molecule has 2 N–H and O–H groups in total. The van der Waals surface area contributed by atoms with E-state index in [0.717, 1.165) is 25.5 Å². The molecule has 0 radical (unpaired) electrons. The summed E-state index contributed by atoms with van der Waals surface area (Å²) in [5, 5.41) is 8.80. The molecule has 0 aliphatic carbocycles. The molecule has 1 aromatic heterocycles. The summed E-state index contributed by atoms with van der Waals surface area (Å²) in [6.07, 6.45) is 5.18. The SMILES string of the molecule is C/C=C/CCN=C(NCC)NC(C)c1cccs1. The van der Waals surface area contributed by atoms with Crippen LogP contribution in [0, 0.1) is 0 Å². The molecule has 1 rings (SSSR count). The van der Waals surface area contributed by atoms with Crippen molar-refractivity contribution in [1.82, 2.24) is 10.6 Å². The highest BCUT2D eigenvalue weighted by Crippen LogP contribution is 2.17. The Labute approximate surface area is 114 Å². The van der Waals surface area contributed by atoms with E-state index in [-0.39, 0.29) is 0 Å². The highest BCUT2D eigenvalue weighted by atomic mass is 32.1. The van der Waals surface area contributed by atoms with Crippen LogP contribution in [0.1, 0.15) is 38.1 Å². The summed E-state index contributed by atoms with van der Waals surface area (Å²) in [6, 6.07) is 4.52. The fraction of sp³-hybridized carbons (Fsp3) is 0.500. The van der Waals surface area contributed by atoms with Gasteiger partial charge in [0.25, 0.3) is 0 Å². The first-order valence-electron chi connectivity index (χ1n) is 6.47. The number of nitrogens with one attached hydrogen (secondary N) is 2. The minimum absolute atomic E-state index is 0.296. The van der Waals surface area contributed by atoms with E-state index < -0.39 is 0 Å². The number of aliphatic imine (C=N–C) groups is 1. The maximum Gasteiger partial charge on any atom is 0.191 e. The average molecular weight is 265 g/mol. The lowest BCUT2D eigenvalue weighted by Gasteiger charge is -2.16. The second kappa shape index (κ2) is 8.75. The van der Waals surface area contributed by atoms with Gasteiger partial charge in [0.2, 0.25) is 0 Å². The Bertz CT molecular complexity index is 368. The van der Waals surface area contributed by atoms with Gasteiger partial charge in [-0.1, -0.05) is 18.2 Å². The van der Waals surface area contributed by atoms with Crippen LogP contribution in [0.5, 0.6) is 0 Å². The van der Waals surface area contributed by atoms with Crippen LogP contribution in [0.15, 0.2) is 34.7 Å². The molecule has 0 aromatic carbocycles. The molecule has 4 heteroatoms. The summed E-state index contributed by atoms with van der Waals surface area (Å²) in [6.45, 7) is 7.97. The number of thiophene rings is 1. The Hall–Kier alpha value is -1.29. The van der Waals surface area contributed by atoms with E-state index in [1.54, 1.807) is 11.3 Å². The molecular weight excluding hydrogens is 242 g/mol. The Morgan fingerprint density at radius 3 is 3.00 bits per heavy atom. The zero-order valence-corrected chi connectivity index (χ0v) is 12.3. The number of rotatable bonds is 6. The van der Waals surface area contributed by atoms with Gasteiger partial charge in [0, 0.05) is 18.0 Å². The summed E-state index contributed by atoms with van der Waals surface area (Å²) in [4.78, 5) is 5.88. The lowest BCUT2D eigenvalue weighted by atomic mass is 10.3. The molecule has 1 heterocycles. The van der Waals surface area contributed by atoms with Gasteiger partial charge in [0.15, 0.2) is 5.96 Å². The Morgan fingerprint density at radius 2 is 2.39 bits per heavy atom. The van der Waals surface area contributed by atoms with Gasteiger partial charge in [0.1, 0.15) is 0 Å². The molecule has 0 aliphatic rings. The second-order valence-corrected chi connectivity index (χ2v) is 4.98. The van der Waals surface area contributed by atoms with Crippen molar-refractivity contribution in [1.29, 1.82) is 0 Å². The zero-order chi connectivity index (χ0) is 13.2. The first kappa shape index (κ1) is 14.8. The third-order valence-corrected chi connectivity index (χ3v) is 3.52. The molecule has 0 saturated heterocycles. The summed E-state index contributed by atoms with van der Waals surface area (Å²) >= 11 is 1.77. The van der Waals surface area contributed by atoms with Gasteiger partial charge in [-0.3, -0.25) is 4.99 Å². The van der Waals surface area contributed by atoms with E-state index in [2.05, 4.69) is 59.1 Å². The van der Waals surface area contributed by atoms with Crippen molar-refractivity contribution >= 4 is 17.3 Å². The Kier molecular flexibility index (Phi) is 7.18. The predicted octanol–water partition coefficient (Wildman–Crippen LogP) is 3.33. The summed E-state index contributed by atoms with van der Waals surface area (Å²) < 4.78 is 0. The fourth-order valence-electron chi connectivity index (χ4n) is 1.55. The quantitative estimate of drug-likeness (QED) is 0.358. The molecule has 0 spiro atoms. The number of guanidine groups is 1. The van der Waals surface area contributed by atoms with Crippen LogP contribution in [0.25, 0.3) is 0 Å². The largest absolute Gasteiger partial charge is 0.357 e. The zero-order valence-electron chi connectivity index (χ0n) is 11.4. The van der Waals surface area contributed by atoms with Crippen LogP contribution in [-0.2, 0) is 0 Å². The van der Waals surface area contributed by atoms with Crippen molar-refractivity contribution in [3.63, 3.8) is 0 Å². The minimum atomic E-state index is 0.296. The van der Waals surface area contributed by atoms with Gasteiger partial charge in [-0.15, -0.1) is 11.3 Å². The first-order valence-corrected chi connectivity index (χ1v) is 7.35. The molecule has 3 nitrogen and oxygen atoms in total. The van der Waals surface area contributed by atoms with E-state index in [1.165, 1.54) is 4.88 Å². The van der Waals surface area contributed by atoms with E-state index in [9.17, 15) is 0 Å². The van der Waals surface area contributed by atoms with Crippen LogP contribution in [0.3, 0.4) is 0 Å². The van der Waals surface area contributed by atoms with Gasteiger partial charge < -0.3 is 10.6 Å². The van der Waals surface area contributed by atoms with Gasteiger partial charge in [-0.25, -0.2) is 0 Å². The van der Waals surface area contributed by atoms with Crippen LogP contribution in [-0.4, -0.2) is 19.0 Å². The molecule has 0 bridgehead atoms. The lowest BCUT2D eigenvalue weighted by molar-refractivity contribution is 0.698. The third kappa shape index (κ3) is 5.36. The number of hydrogen-bond donors (Lipinski definition) is 2. The molecule has 0 amide bonds. The number of allylic oxidation sites excluding steroid dienone is 1. The molecule has 18 heavy (non-hydrogen) atoms. The first-order chi connectivity index (χ1) is 8.77. The maximum atomic E-state index is 4.55. The molecule has 1 atom stereocenters. The van der Waals surface area contributed by atoms with Crippen molar-refractivity contribution in [2.75, 3.05) is 13.1 Å². The topological polar surface area (TPSA) is 36.4 Å². The van der Waals surface area contributed by atoms with E-state index in [1.807, 2.05) is 6.92 Å². The molecule has 1 unspecified atom stereocenters. The fourth-order valence-corrected chi connectivity index (χ4v) is 2.29. The lowest BCUT2D eigenvalue weighted by Crippen LogP contribution is -2.38. The third-order valence-electron chi connectivity index (χ3n) is 2.47. The van der Waals surface area contributed by atoms with Crippen molar-refractivity contribution in [2.24, 2.45) is 4.99 Å². The van der Waals surface area contributed by atoms with Crippen LogP contribution >= 0.6 is 11.3 Å². The standard InChI is InChI=1S/C14H23N3S/c1-4-6-7-10-16-14(15-5-2)17-12(3)13-9-8-11-18-13/h4,6,8-9,11-12H,5,7,10H2,1-3H3,(H2,15,16,17)/b6-4+. The van der Waals surface area contributed by atoms with Gasteiger partial charge in [-0.05, 0) is 38.6 Å². The van der Waals surface area contributed by atoms with Gasteiger partial charge >= 0.3 is 0 Å². The van der Waals surface area contributed by atoms with Crippen molar-refractivity contribution in [3.8, 4) is 0 Å². The predicted molar refractivity (Wildman–Crippen MR) is 81.3 cm³/mol. The normalized spacial score (nSPS) is 13.8. The van der Waals surface area contributed by atoms with Crippen LogP contribution in [0.2, 0.25) is 0 Å². The smallest absolute Gasteiger partial charge is 0.191 e. The average Bonchev–Trinajstić information content (AvgIpc) is 2.88. The van der Waals surface area contributed by atoms with Crippen LogP contribution < -0.4 is 10.6 Å². The maximum absolute atomic E-state index is 4.55. The van der Waals surface area contributed by atoms with Crippen molar-refractivity contribution in [3.05, 3.63) is 34.5 Å². The summed E-state index contributed by atoms with van der Waals surface area (Å²) in [7, 11) is 0. The van der Waals surface area contributed by atoms with E-state index >= 15 is 0 Å². The summed E-state index contributed by atoms with van der Waals surface area (Å²) in [5.41, 5.74) is 0. The highest BCUT2D eigenvalue weighted by Gasteiger charge is 2.07. The molecule has 0 saturated carbocycles. The Balaban J connectivity index is 2.51. The molecule has 0 aliphatic heterocycles. The summed E-state index contributed by atoms with van der Waals surface area (Å²) in [5.74, 6) is 0.892. The van der Waals surface area contributed by atoms with E-state index in [4.69, 9.17) is 0 Å². The Morgan fingerprint density at radius 1 is 1.56 bits per heavy atom. The van der Waals surface area contributed by atoms with E-state index in [0.29, 0.717) is 6.04 Å². The number of nitrogens with zero attached hydrogens (tertiary/aromatic N) is 1. The molecule has 0 fully saturated rings. The second-order valence-electron chi connectivity index (χ2n) is 4.00. The highest BCUT2D eigenvalue weighted by molar-refractivity contribution is 7.10. The van der Waals surface area contributed by atoms with Gasteiger partial charge in [0.05, 0.1) is 6.04 Å². The van der Waals surface area contributed by atoms with Gasteiger partial charge in [-0.2, -0.15) is 0 Å². The molecule has 1 aromatic rings. The van der Waals surface area contributed by atoms with Crippen LogP contribution in [0.4, 0.5) is 0 Å². The monoisotopic (exact) mass is 265 g/mol. The molecule has 100 valence electrons.